The average molecular weight is 139 g/mol. The first-order valence-corrected chi connectivity index (χ1v) is 3.28. The lowest BCUT2D eigenvalue weighted by Gasteiger charge is -1.98. The number of hydrogen-bond donors (Lipinski definition) is 2. The Kier molecular flexibility index (Phi) is 5.26. The Hall–Kier alpha value is -1.17. The quantitative estimate of drug-likeness (QED) is 0.327. The molecule has 0 rings (SSSR count). The lowest BCUT2D eigenvalue weighted by Crippen LogP contribution is -2.31. The number of nitrogens with two attached hydrogens (primary N) is 1. The molecule has 0 aromatic heterocycles. The molecule has 3 heteroatoms. The Balaban J connectivity index is 3.41. The van der Waals surface area contributed by atoms with E-state index in [1.54, 1.807) is 0 Å². The molecule has 0 aromatic carbocycles. The third-order valence-electron chi connectivity index (χ3n) is 0.877. The highest BCUT2D eigenvalue weighted by Crippen LogP contribution is 1.75. The van der Waals surface area contributed by atoms with Crippen molar-refractivity contribution >= 4 is 5.96 Å². The minimum absolute atomic E-state index is 0.430. The molecule has 0 aliphatic carbocycles. The fourth-order valence-electron chi connectivity index (χ4n) is 0.430. The van der Waals surface area contributed by atoms with Crippen molar-refractivity contribution in [2.24, 2.45) is 10.7 Å². The second kappa shape index (κ2) is 5.96. The molecular formula is C7H13N3. The number of nitrogens with zero attached hydrogens (tertiary/aromatic N) is 1. The minimum Gasteiger partial charge on any atom is -0.370 e. The van der Waals surface area contributed by atoms with E-state index in [-0.39, 0.29) is 0 Å². The second-order valence-corrected chi connectivity index (χ2v) is 1.82. The van der Waals surface area contributed by atoms with Crippen LogP contribution in [0.25, 0.3) is 0 Å². The predicted molar refractivity (Wildman–Crippen MR) is 43.6 cm³/mol. The van der Waals surface area contributed by atoms with Gasteiger partial charge in [-0.15, -0.1) is 6.42 Å². The van der Waals surface area contributed by atoms with Crippen molar-refractivity contribution in [3.8, 4) is 12.3 Å². The third-order valence-corrected chi connectivity index (χ3v) is 0.877. The molecule has 0 atom stereocenters. The van der Waals surface area contributed by atoms with Crippen molar-refractivity contribution in [1.82, 2.24) is 5.32 Å². The summed E-state index contributed by atoms with van der Waals surface area (Å²) >= 11 is 0. The first-order valence-electron chi connectivity index (χ1n) is 3.28. The highest BCUT2D eigenvalue weighted by molar-refractivity contribution is 5.77. The maximum absolute atomic E-state index is 5.39. The first kappa shape index (κ1) is 8.83. The van der Waals surface area contributed by atoms with Gasteiger partial charge in [0.25, 0.3) is 0 Å². The molecular weight excluding hydrogens is 126 g/mol. The first-order chi connectivity index (χ1) is 4.81. The molecule has 0 bridgehead atoms. The Morgan fingerprint density at radius 1 is 1.80 bits per heavy atom. The highest BCUT2D eigenvalue weighted by Gasteiger charge is 1.84. The fraction of sp³-hybridized carbons (Fsp3) is 0.571. The largest absolute Gasteiger partial charge is 0.370 e. The van der Waals surface area contributed by atoms with Crippen molar-refractivity contribution in [2.45, 2.75) is 13.3 Å². The molecule has 0 unspecified atom stereocenters. The molecule has 3 N–H and O–H groups in total. The molecule has 0 radical (unpaired) electrons. The van der Waals surface area contributed by atoms with E-state index < -0.39 is 0 Å². The normalized spacial score (nSPS) is 10.6. The van der Waals surface area contributed by atoms with Crippen molar-refractivity contribution in [3.63, 3.8) is 0 Å². The van der Waals surface area contributed by atoms with Gasteiger partial charge in [-0.3, -0.25) is 4.99 Å². The smallest absolute Gasteiger partial charge is 0.189 e. The van der Waals surface area contributed by atoms with Gasteiger partial charge in [-0.1, -0.05) is 12.8 Å². The zero-order chi connectivity index (χ0) is 7.82. The molecule has 0 saturated heterocycles. The summed E-state index contributed by atoms with van der Waals surface area (Å²) in [7, 11) is 0. The summed E-state index contributed by atoms with van der Waals surface area (Å²) in [6, 6.07) is 0. The zero-order valence-corrected chi connectivity index (χ0v) is 6.22. The molecule has 56 valence electrons. The predicted octanol–water partition coefficient (Wildman–Crippen LogP) is -0.0661. The highest BCUT2D eigenvalue weighted by atomic mass is 15.1. The summed E-state index contributed by atoms with van der Waals surface area (Å²) in [6.07, 6.45) is 5.98. The number of aliphatic imine (C=N–C) groups is 1. The van der Waals surface area contributed by atoms with E-state index in [0.717, 1.165) is 13.0 Å². The Labute approximate surface area is 61.7 Å². The van der Waals surface area contributed by atoms with Crippen LogP contribution in [0.15, 0.2) is 4.99 Å². The van der Waals surface area contributed by atoms with Gasteiger partial charge in [0.15, 0.2) is 5.96 Å². The molecule has 0 spiro atoms. The van der Waals surface area contributed by atoms with E-state index in [1.165, 1.54) is 0 Å². The van der Waals surface area contributed by atoms with Gasteiger partial charge in [0.2, 0.25) is 0 Å². The lowest BCUT2D eigenvalue weighted by molar-refractivity contribution is 0.907. The lowest BCUT2D eigenvalue weighted by atomic mass is 10.5. The van der Waals surface area contributed by atoms with Crippen LogP contribution in [-0.2, 0) is 0 Å². The number of rotatable bonds is 3. The summed E-state index contributed by atoms with van der Waals surface area (Å²) in [6.45, 7) is 3.24. The van der Waals surface area contributed by atoms with Crippen LogP contribution < -0.4 is 11.1 Å². The van der Waals surface area contributed by atoms with Crippen molar-refractivity contribution in [1.29, 1.82) is 0 Å². The van der Waals surface area contributed by atoms with Gasteiger partial charge in [-0.05, 0) is 6.42 Å². The topological polar surface area (TPSA) is 50.4 Å². The van der Waals surface area contributed by atoms with Crippen LogP contribution in [0.5, 0.6) is 0 Å². The van der Waals surface area contributed by atoms with Gasteiger partial charge < -0.3 is 11.1 Å². The van der Waals surface area contributed by atoms with Gasteiger partial charge in [-0.2, -0.15) is 0 Å². The van der Waals surface area contributed by atoms with Gasteiger partial charge >= 0.3 is 0 Å². The second-order valence-electron chi connectivity index (χ2n) is 1.82. The SMILES string of the molecule is C#CCNC(N)=NCCC. The molecule has 0 aromatic rings. The summed E-state index contributed by atoms with van der Waals surface area (Å²) in [5, 5.41) is 2.76. The standard InChI is InChI=1S/C7H13N3/c1-3-5-9-7(8)10-6-4-2/h1H,4-6H2,2H3,(H3,8,9,10). The number of hydrogen-bond acceptors (Lipinski definition) is 1. The summed E-state index contributed by atoms with van der Waals surface area (Å²) in [5.41, 5.74) is 5.39. The van der Waals surface area contributed by atoms with Crippen molar-refractivity contribution in [3.05, 3.63) is 0 Å². The minimum atomic E-state index is 0.430. The van der Waals surface area contributed by atoms with Crippen LogP contribution in [0.1, 0.15) is 13.3 Å². The van der Waals surface area contributed by atoms with Crippen LogP contribution >= 0.6 is 0 Å². The molecule has 0 fully saturated rings. The van der Waals surface area contributed by atoms with Crippen molar-refractivity contribution < 1.29 is 0 Å². The van der Waals surface area contributed by atoms with E-state index >= 15 is 0 Å². The molecule has 0 saturated carbocycles. The van der Waals surface area contributed by atoms with E-state index in [4.69, 9.17) is 12.2 Å². The Morgan fingerprint density at radius 3 is 3.00 bits per heavy atom. The van der Waals surface area contributed by atoms with Gasteiger partial charge in [0.1, 0.15) is 0 Å². The van der Waals surface area contributed by atoms with E-state index in [1.807, 2.05) is 6.92 Å². The molecule has 3 nitrogen and oxygen atoms in total. The molecule has 0 aliphatic rings. The molecule has 10 heavy (non-hydrogen) atoms. The number of terminal acetylenes is 1. The van der Waals surface area contributed by atoms with Gasteiger partial charge in [-0.25, -0.2) is 0 Å². The summed E-state index contributed by atoms with van der Waals surface area (Å²) in [4.78, 5) is 3.97. The summed E-state index contributed by atoms with van der Waals surface area (Å²) in [5.74, 6) is 2.83. The monoisotopic (exact) mass is 139 g/mol. The van der Waals surface area contributed by atoms with E-state index in [2.05, 4.69) is 16.2 Å². The third kappa shape index (κ3) is 4.98. The van der Waals surface area contributed by atoms with Crippen LogP contribution in [-0.4, -0.2) is 19.0 Å². The molecule has 0 heterocycles. The van der Waals surface area contributed by atoms with Crippen LogP contribution in [0.4, 0.5) is 0 Å². The maximum atomic E-state index is 5.39. The summed E-state index contributed by atoms with van der Waals surface area (Å²) < 4.78 is 0. The van der Waals surface area contributed by atoms with E-state index in [0.29, 0.717) is 12.5 Å². The fourth-order valence-corrected chi connectivity index (χ4v) is 0.430. The Morgan fingerprint density at radius 2 is 2.50 bits per heavy atom. The number of guanidine groups is 1. The molecule has 0 aliphatic heterocycles. The van der Waals surface area contributed by atoms with E-state index in [9.17, 15) is 0 Å². The van der Waals surface area contributed by atoms with Gasteiger partial charge in [0.05, 0.1) is 6.54 Å². The molecule has 0 amide bonds. The van der Waals surface area contributed by atoms with Crippen molar-refractivity contribution in [2.75, 3.05) is 13.1 Å². The number of nitrogens with one attached hydrogen (secondary N) is 1. The maximum Gasteiger partial charge on any atom is 0.189 e. The Bertz CT molecular complexity index is 143. The van der Waals surface area contributed by atoms with Crippen LogP contribution in [0, 0.1) is 12.3 Å². The zero-order valence-electron chi connectivity index (χ0n) is 6.22. The van der Waals surface area contributed by atoms with Crippen LogP contribution in [0.2, 0.25) is 0 Å². The van der Waals surface area contributed by atoms with Gasteiger partial charge in [0, 0.05) is 6.54 Å². The van der Waals surface area contributed by atoms with Crippen LogP contribution in [0.3, 0.4) is 0 Å². The average Bonchev–Trinajstić information content (AvgIpc) is 1.97.